The molecule has 0 aromatic heterocycles. The molecule has 0 aromatic carbocycles. The van der Waals surface area contributed by atoms with Gasteiger partial charge in [-0.25, -0.2) is 0 Å². The highest BCUT2D eigenvalue weighted by Crippen LogP contribution is 2.36. The summed E-state index contributed by atoms with van der Waals surface area (Å²) < 4.78 is 11.6. The number of hydrogen-bond donors (Lipinski definition) is 1. The zero-order valence-corrected chi connectivity index (χ0v) is 11.6. The first-order valence-corrected chi connectivity index (χ1v) is 7.80. The molecular formula is C15H27NO2. The SMILES string of the molecule is CC1CCCC(NC2CCC3(CC2)OCCO3)C1. The van der Waals surface area contributed by atoms with Gasteiger partial charge in [-0.05, 0) is 31.6 Å². The van der Waals surface area contributed by atoms with Gasteiger partial charge in [-0.15, -0.1) is 0 Å². The van der Waals surface area contributed by atoms with Gasteiger partial charge in [-0.1, -0.05) is 19.8 Å². The van der Waals surface area contributed by atoms with Crippen molar-refractivity contribution in [2.75, 3.05) is 13.2 Å². The third kappa shape index (κ3) is 2.89. The molecule has 0 amide bonds. The van der Waals surface area contributed by atoms with E-state index in [1.807, 2.05) is 0 Å². The smallest absolute Gasteiger partial charge is 0.168 e. The van der Waals surface area contributed by atoms with E-state index in [1.54, 1.807) is 0 Å². The molecule has 1 aliphatic heterocycles. The van der Waals surface area contributed by atoms with E-state index in [2.05, 4.69) is 12.2 Å². The third-order valence-electron chi connectivity index (χ3n) is 4.97. The number of hydrogen-bond acceptors (Lipinski definition) is 3. The van der Waals surface area contributed by atoms with Crippen molar-refractivity contribution in [1.29, 1.82) is 0 Å². The summed E-state index contributed by atoms with van der Waals surface area (Å²) in [6, 6.07) is 1.46. The van der Waals surface area contributed by atoms with Crippen LogP contribution in [0.1, 0.15) is 58.3 Å². The van der Waals surface area contributed by atoms with Crippen LogP contribution in [-0.4, -0.2) is 31.1 Å². The van der Waals surface area contributed by atoms with Crippen LogP contribution in [0.25, 0.3) is 0 Å². The molecule has 1 heterocycles. The normalized spacial score (nSPS) is 37.2. The van der Waals surface area contributed by atoms with Crippen molar-refractivity contribution in [1.82, 2.24) is 5.32 Å². The summed E-state index contributed by atoms with van der Waals surface area (Å²) in [5, 5.41) is 3.88. The Bertz CT molecular complexity index is 266. The Labute approximate surface area is 111 Å². The van der Waals surface area contributed by atoms with Crippen molar-refractivity contribution in [3.05, 3.63) is 0 Å². The van der Waals surface area contributed by atoms with Crippen molar-refractivity contribution in [2.45, 2.75) is 76.2 Å². The molecule has 1 N–H and O–H groups in total. The van der Waals surface area contributed by atoms with E-state index in [4.69, 9.17) is 9.47 Å². The first-order chi connectivity index (χ1) is 8.76. The van der Waals surface area contributed by atoms with E-state index in [-0.39, 0.29) is 5.79 Å². The fourth-order valence-electron chi connectivity index (χ4n) is 3.93. The topological polar surface area (TPSA) is 30.5 Å². The molecule has 3 aliphatic rings. The molecule has 1 spiro atoms. The van der Waals surface area contributed by atoms with Crippen molar-refractivity contribution >= 4 is 0 Å². The van der Waals surface area contributed by atoms with Gasteiger partial charge in [-0.2, -0.15) is 0 Å². The minimum absolute atomic E-state index is 0.196. The van der Waals surface area contributed by atoms with Crippen molar-refractivity contribution in [3.8, 4) is 0 Å². The Morgan fingerprint density at radius 3 is 2.33 bits per heavy atom. The summed E-state index contributed by atoms with van der Waals surface area (Å²) in [7, 11) is 0. The lowest BCUT2D eigenvalue weighted by Gasteiger charge is -2.38. The Morgan fingerprint density at radius 1 is 0.944 bits per heavy atom. The van der Waals surface area contributed by atoms with Crippen LogP contribution in [0.2, 0.25) is 0 Å². The molecule has 3 fully saturated rings. The van der Waals surface area contributed by atoms with Gasteiger partial charge in [0.15, 0.2) is 5.79 Å². The molecule has 3 rings (SSSR count). The van der Waals surface area contributed by atoms with E-state index >= 15 is 0 Å². The van der Waals surface area contributed by atoms with E-state index in [0.29, 0.717) is 6.04 Å². The van der Waals surface area contributed by atoms with E-state index in [1.165, 1.54) is 38.5 Å². The van der Waals surface area contributed by atoms with Crippen LogP contribution in [0.3, 0.4) is 0 Å². The van der Waals surface area contributed by atoms with Gasteiger partial charge < -0.3 is 14.8 Å². The fraction of sp³-hybridized carbons (Fsp3) is 1.00. The molecule has 2 atom stereocenters. The first-order valence-electron chi connectivity index (χ1n) is 7.80. The van der Waals surface area contributed by atoms with Gasteiger partial charge in [0, 0.05) is 24.9 Å². The van der Waals surface area contributed by atoms with E-state index in [9.17, 15) is 0 Å². The predicted octanol–water partition coefficient (Wildman–Crippen LogP) is 2.84. The zero-order chi connectivity index (χ0) is 12.4. The van der Waals surface area contributed by atoms with Crippen LogP contribution in [0.15, 0.2) is 0 Å². The Morgan fingerprint density at radius 2 is 1.67 bits per heavy atom. The highest BCUT2D eigenvalue weighted by atomic mass is 16.7. The van der Waals surface area contributed by atoms with Crippen LogP contribution in [0.5, 0.6) is 0 Å². The summed E-state index contributed by atoms with van der Waals surface area (Å²) in [4.78, 5) is 0. The highest BCUT2D eigenvalue weighted by Gasteiger charge is 2.40. The van der Waals surface area contributed by atoms with Crippen molar-refractivity contribution in [2.24, 2.45) is 5.92 Å². The highest BCUT2D eigenvalue weighted by molar-refractivity contribution is 4.88. The molecule has 0 radical (unpaired) electrons. The van der Waals surface area contributed by atoms with Crippen LogP contribution < -0.4 is 5.32 Å². The quantitative estimate of drug-likeness (QED) is 0.821. The molecule has 0 aromatic rings. The molecule has 2 unspecified atom stereocenters. The van der Waals surface area contributed by atoms with Crippen LogP contribution in [0, 0.1) is 5.92 Å². The lowest BCUT2D eigenvalue weighted by atomic mass is 9.84. The van der Waals surface area contributed by atoms with Crippen LogP contribution in [-0.2, 0) is 9.47 Å². The predicted molar refractivity (Wildman–Crippen MR) is 71.4 cm³/mol. The van der Waals surface area contributed by atoms with Gasteiger partial charge in [0.1, 0.15) is 0 Å². The van der Waals surface area contributed by atoms with Gasteiger partial charge in [0.05, 0.1) is 13.2 Å². The summed E-state index contributed by atoms with van der Waals surface area (Å²) >= 11 is 0. The van der Waals surface area contributed by atoms with Crippen LogP contribution in [0.4, 0.5) is 0 Å². The maximum absolute atomic E-state index is 5.79. The molecule has 3 nitrogen and oxygen atoms in total. The van der Waals surface area contributed by atoms with E-state index < -0.39 is 0 Å². The molecule has 18 heavy (non-hydrogen) atoms. The standard InChI is InChI=1S/C15H27NO2/c1-12-3-2-4-14(11-12)16-13-5-7-15(8-6-13)17-9-10-18-15/h12-14,16H,2-11H2,1H3. The Balaban J connectivity index is 1.45. The minimum Gasteiger partial charge on any atom is -0.348 e. The average molecular weight is 253 g/mol. The molecule has 3 heteroatoms. The second-order valence-corrected chi connectivity index (χ2v) is 6.52. The monoisotopic (exact) mass is 253 g/mol. The summed E-state index contributed by atoms with van der Waals surface area (Å²) in [5.41, 5.74) is 0. The summed E-state index contributed by atoms with van der Waals surface area (Å²) in [5.74, 6) is 0.713. The fourth-order valence-corrected chi connectivity index (χ4v) is 3.93. The zero-order valence-electron chi connectivity index (χ0n) is 11.6. The van der Waals surface area contributed by atoms with E-state index in [0.717, 1.165) is 38.0 Å². The van der Waals surface area contributed by atoms with Crippen molar-refractivity contribution in [3.63, 3.8) is 0 Å². The summed E-state index contributed by atoms with van der Waals surface area (Å²) in [6.45, 7) is 3.97. The van der Waals surface area contributed by atoms with Crippen LogP contribution >= 0.6 is 0 Å². The minimum atomic E-state index is -0.196. The lowest BCUT2D eigenvalue weighted by molar-refractivity contribution is -0.179. The molecule has 2 saturated carbocycles. The Kier molecular flexibility index (Phi) is 3.92. The van der Waals surface area contributed by atoms with Gasteiger partial charge >= 0.3 is 0 Å². The number of rotatable bonds is 2. The summed E-state index contributed by atoms with van der Waals surface area (Å²) in [6.07, 6.45) is 10.2. The maximum atomic E-state index is 5.79. The largest absolute Gasteiger partial charge is 0.348 e. The number of ether oxygens (including phenoxy) is 2. The van der Waals surface area contributed by atoms with Gasteiger partial charge in [0.2, 0.25) is 0 Å². The first kappa shape index (κ1) is 12.9. The second-order valence-electron chi connectivity index (χ2n) is 6.52. The molecule has 0 bridgehead atoms. The van der Waals surface area contributed by atoms with Crippen molar-refractivity contribution < 1.29 is 9.47 Å². The maximum Gasteiger partial charge on any atom is 0.168 e. The average Bonchev–Trinajstić information content (AvgIpc) is 2.81. The lowest BCUT2D eigenvalue weighted by Crippen LogP contribution is -2.46. The third-order valence-corrected chi connectivity index (χ3v) is 4.97. The molecule has 2 aliphatic carbocycles. The Hall–Kier alpha value is -0.120. The molecular weight excluding hydrogens is 226 g/mol. The van der Waals surface area contributed by atoms with Gasteiger partial charge in [0.25, 0.3) is 0 Å². The molecule has 1 saturated heterocycles. The van der Waals surface area contributed by atoms with Gasteiger partial charge in [-0.3, -0.25) is 0 Å². The molecule has 104 valence electrons. The number of nitrogens with one attached hydrogen (secondary N) is 1. The second kappa shape index (κ2) is 5.48.